The summed E-state index contributed by atoms with van der Waals surface area (Å²) in [6.45, 7) is 7.91. The van der Waals surface area contributed by atoms with Crippen LogP contribution in [0, 0.1) is 6.92 Å². The number of alkyl halides is 3. The first-order valence-corrected chi connectivity index (χ1v) is 11.7. The van der Waals surface area contributed by atoms with Crippen molar-refractivity contribution in [2.75, 3.05) is 44.7 Å². The van der Waals surface area contributed by atoms with E-state index in [4.69, 9.17) is 27.9 Å². The van der Waals surface area contributed by atoms with Gasteiger partial charge in [0, 0.05) is 44.0 Å². The smallest absolute Gasteiger partial charge is 0.436 e. The van der Waals surface area contributed by atoms with E-state index in [2.05, 4.69) is 22.2 Å². The molecule has 1 fully saturated rings. The van der Waals surface area contributed by atoms with Gasteiger partial charge in [-0.1, -0.05) is 30.1 Å². The fraction of sp³-hybridized carbons (Fsp3) is 0.545. The molecule has 2 aromatic rings. The minimum absolute atomic E-state index is 0.0541. The number of nitrogens with one attached hydrogen (secondary N) is 1. The molecular weight excluding hydrogens is 494 g/mol. The summed E-state index contributed by atoms with van der Waals surface area (Å²) in [5.74, 6) is 0.250. The second-order valence-electron chi connectivity index (χ2n) is 8.10. The van der Waals surface area contributed by atoms with Gasteiger partial charge in [-0.3, -0.25) is 9.48 Å². The number of methoxy groups -OCH3 is 1. The molecule has 1 amide bonds. The van der Waals surface area contributed by atoms with Crippen LogP contribution in [0.3, 0.4) is 0 Å². The molecule has 1 saturated heterocycles. The van der Waals surface area contributed by atoms with Gasteiger partial charge in [-0.15, -0.1) is 0 Å². The highest BCUT2D eigenvalue weighted by Crippen LogP contribution is 2.37. The maximum absolute atomic E-state index is 13.1. The van der Waals surface area contributed by atoms with E-state index >= 15 is 0 Å². The number of benzene rings is 1. The number of aromatic nitrogens is 2. The highest BCUT2D eigenvalue weighted by Gasteiger charge is 2.38. The van der Waals surface area contributed by atoms with Crippen LogP contribution in [0.25, 0.3) is 0 Å². The van der Waals surface area contributed by atoms with Crippen LogP contribution in [0.1, 0.15) is 36.8 Å². The van der Waals surface area contributed by atoms with Crippen molar-refractivity contribution in [3.05, 3.63) is 39.1 Å². The highest BCUT2D eigenvalue weighted by molar-refractivity contribution is 6.32. The lowest BCUT2D eigenvalue weighted by Gasteiger charge is -2.38. The average Bonchev–Trinajstić information content (AvgIpc) is 3.08. The first kappa shape index (κ1) is 26.4. The minimum atomic E-state index is -4.68. The van der Waals surface area contributed by atoms with Gasteiger partial charge < -0.3 is 19.9 Å². The summed E-state index contributed by atoms with van der Waals surface area (Å²) < 4.78 is 45.6. The van der Waals surface area contributed by atoms with Crippen molar-refractivity contribution in [2.45, 2.75) is 39.5 Å². The van der Waals surface area contributed by atoms with Crippen molar-refractivity contribution >= 4 is 34.8 Å². The van der Waals surface area contributed by atoms with Crippen LogP contribution in [0.2, 0.25) is 10.0 Å². The third-order valence-corrected chi connectivity index (χ3v) is 6.69. The normalized spacial score (nSPS) is 15.6. The van der Waals surface area contributed by atoms with Gasteiger partial charge in [0.25, 0.3) is 0 Å². The number of halogens is 5. The molecule has 1 atom stereocenters. The number of anilines is 1. The summed E-state index contributed by atoms with van der Waals surface area (Å²) in [5.41, 5.74) is 0.917. The Kier molecular flexibility index (Phi) is 8.26. The van der Waals surface area contributed by atoms with Crippen LogP contribution < -0.4 is 15.0 Å². The van der Waals surface area contributed by atoms with E-state index in [9.17, 15) is 18.0 Å². The van der Waals surface area contributed by atoms with Crippen molar-refractivity contribution in [1.82, 2.24) is 20.0 Å². The zero-order valence-corrected chi connectivity index (χ0v) is 21.0. The van der Waals surface area contributed by atoms with Crippen LogP contribution in [-0.2, 0) is 17.5 Å². The molecule has 34 heavy (non-hydrogen) atoms. The predicted molar refractivity (Wildman–Crippen MR) is 126 cm³/mol. The Morgan fingerprint density at radius 2 is 1.88 bits per heavy atom. The van der Waals surface area contributed by atoms with Gasteiger partial charge in [-0.2, -0.15) is 18.3 Å². The summed E-state index contributed by atoms with van der Waals surface area (Å²) in [4.78, 5) is 16.6. The third-order valence-electron chi connectivity index (χ3n) is 5.94. The lowest BCUT2D eigenvalue weighted by Crippen LogP contribution is -2.50. The van der Waals surface area contributed by atoms with Gasteiger partial charge in [0.1, 0.15) is 12.3 Å². The molecule has 0 bridgehead atoms. The quantitative estimate of drug-likeness (QED) is 0.579. The molecule has 0 saturated carbocycles. The minimum Gasteiger partial charge on any atom is -0.495 e. The Labute approximate surface area is 206 Å². The number of ether oxygens (including phenoxy) is 1. The zero-order valence-electron chi connectivity index (χ0n) is 19.5. The molecule has 12 heteroatoms. The maximum Gasteiger partial charge on any atom is 0.436 e. The van der Waals surface area contributed by atoms with Gasteiger partial charge in [0.2, 0.25) is 5.91 Å². The Balaban J connectivity index is 1.73. The molecule has 1 aromatic carbocycles. The second kappa shape index (κ2) is 10.6. The molecular formula is C22H28Cl2F3N5O2. The van der Waals surface area contributed by atoms with Crippen LogP contribution in [0.5, 0.6) is 5.75 Å². The average molecular weight is 522 g/mol. The van der Waals surface area contributed by atoms with Crippen molar-refractivity contribution in [1.29, 1.82) is 0 Å². The summed E-state index contributed by atoms with van der Waals surface area (Å²) in [5, 5.41) is 6.95. The molecule has 1 aliphatic heterocycles. The molecule has 3 rings (SSSR count). The molecule has 2 heterocycles. The van der Waals surface area contributed by atoms with E-state index in [1.807, 2.05) is 19.1 Å². The van der Waals surface area contributed by atoms with E-state index < -0.39 is 16.9 Å². The summed E-state index contributed by atoms with van der Waals surface area (Å²) in [7, 11) is 1.56. The van der Waals surface area contributed by atoms with Crippen LogP contribution in [-0.4, -0.2) is 60.4 Å². The number of carbonyl (C=O) groups is 1. The fourth-order valence-corrected chi connectivity index (χ4v) is 4.53. The molecule has 0 aliphatic carbocycles. The maximum atomic E-state index is 13.1. The molecule has 0 spiro atoms. The number of hydrogen-bond donors (Lipinski definition) is 1. The number of amides is 1. The number of rotatable bonds is 7. The lowest BCUT2D eigenvalue weighted by molar-refractivity contribution is -0.142. The monoisotopic (exact) mass is 521 g/mol. The zero-order chi connectivity index (χ0) is 25.2. The van der Waals surface area contributed by atoms with Gasteiger partial charge in [-0.25, -0.2) is 0 Å². The van der Waals surface area contributed by atoms with E-state index in [-0.39, 0.29) is 24.2 Å². The predicted octanol–water partition coefficient (Wildman–Crippen LogP) is 4.55. The van der Waals surface area contributed by atoms with Crippen LogP contribution >= 0.6 is 23.2 Å². The molecule has 1 aliphatic rings. The number of carbonyl (C=O) groups excluding carboxylic acids is 1. The Morgan fingerprint density at radius 1 is 1.24 bits per heavy atom. The van der Waals surface area contributed by atoms with Crippen molar-refractivity contribution in [3.8, 4) is 5.75 Å². The molecule has 1 aromatic heterocycles. The largest absolute Gasteiger partial charge is 0.495 e. The van der Waals surface area contributed by atoms with Crippen molar-refractivity contribution < 1.29 is 22.7 Å². The van der Waals surface area contributed by atoms with Crippen molar-refractivity contribution in [2.24, 2.45) is 0 Å². The van der Waals surface area contributed by atoms with E-state index in [0.717, 1.165) is 22.5 Å². The molecule has 188 valence electrons. The molecule has 0 radical (unpaired) electrons. The molecule has 1 unspecified atom stereocenters. The first-order valence-electron chi connectivity index (χ1n) is 10.9. The molecule has 1 N–H and O–H groups in total. The van der Waals surface area contributed by atoms with Gasteiger partial charge in [0.15, 0.2) is 5.69 Å². The Morgan fingerprint density at radius 3 is 2.41 bits per heavy atom. The van der Waals surface area contributed by atoms with Gasteiger partial charge in [-0.05, 0) is 32.0 Å². The molecule has 7 nitrogen and oxygen atoms in total. The van der Waals surface area contributed by atoms with Crippen LogP contribution in [0.4, 0.5) is 18.9 Å². The van der Waals surface area contributed by atoms with Gasteiger partial charge in [0.05, 0.1) is 22.8 Å². The van der Waals surface area contributed by atoms with E-state index in [1.165, 1.54) is 6.92 Å². The number of piperazine rings is 1. The third kappa shape index (κ3) is 5.55. The van der Waals surface area contributed by atoms with Crippen molar-refractivity contribution in [3.63, 3.8) is 0 Å². The fourth-order valence-electron chi connectivity index (χ4n) is 4.04. The summed E-state index contributed by atoms with van der Waals surface area (Å²) in [6, 6.07) is 3.85. The number of nitrogens with zero attached hydrogens (tertiary/aromatic N) is 4. The highest BCUT2D eigenvalue weighted by atomic mass is 35.5. The van der Waals surface area contributed by atoms with Crippen LogP contribution in [0.15, 0.2) is 12.1 Å². The SMILES string of the molecule is CCNC(C)c1cc(Cl)c(OC)cc1N1CCN(C(=O)Cn2nc(C(F)(F)F)c(Cl)c2C)CC1. The number of hydrogen-bond acceptors (Lipinski definition) is 5. The second-order valence-corrected chi connectivity index (χ2v) is 8.88. The summed E-state index contributed by atoms with van der Waals surface area (Å²) >= 11 is 12.2. The summed E-state index contributed by atoms with van der Waals surface area (Å²) in [6.07, 6.45) is -4.68. The standard InChI is InChI=1S/C22H28Cl2F3N5O2/c1-5-28-13(2)15-10-16(23)18(34-4)11-17(15)30-6-8-31(9-7-30)19(33)12-32-14(3)20(24)21(29-32)22(25,26)27/h10-11,13,28H,5-9,12H2,1-4H3. The Bertz CT molecular complexity index is 1040. The topological polar surface area (TPSA) is 62.6 Å². The Hall–Kier alpha value is -2.17. The van der Waals surface area contributed by atoms with E-state index in [0.29, 0.717) is 37.0 Å². The lowest BCUT2D eigenvalue weighted by atomic mass is 10.0. The van der Waals surface area contributed by atoms with E-state index in [1.54, 1.807) is 12.0 Å². The first-order chi connectivity index (χ1) is 16.0. The van der Waals surface area contributed by atoms with Gasteiger partial charge >= 0.3 is 6.18 Å².